The van der Waals surface area contributed by atoms with Crippen LogP contribution >= 0.6 is 0 Å². The number of fused-ring (bicyclic) bond motifs is 1. The molecule has 3 heteroatoms. The summed E-state index contributed by atoms with van der Waals surface area (Å²) in [6.07, 6.45) is 0.983. The summed E-state index contributed by atoms with van der Waals surface area (Å²) in [7, 11) is 1.40. The molecule has 2 aromatic rings. The monoisotopic (exact) mass is 294 g/mol. The highest BCUT2D eigenvalue weighted by Gasteiger charge is 2.38. The van der Waals surface area contributed by atoms with Crippen LogP contribution in [-0.4, -0.2) is 18.9 Å². The summed E-state index contributed by atoms with van der Waals surface area (Å²) in [5.41, 5.74) is 2.93. The van der Waals surface area contributed by atoms with Gasteiger partial charge in [0.05, 0.1) is 13.0 Å². The van der Waals surface area contributed by atoms with Gasteiger partial charge in [-0.3, -0.25) is 9.59 Å². The molecule has 0 heterocycles. The molecule has 0 radical (unpaired) electrons. The number of esters is 1. The fraction of sp³-hybridized carbons (Fsp3) is 0.263. The van der Waals surface area contributed by atoms with Gasteiger partial charge in [-0.2, -0.15) is 0 Å². The number of ketones is 1. The van der Waals surface area contributed by atoms with Gasteiger partial charge in [-0.05, 0) is 17.5 Å². The van der Waals surface area contributed by atoms with Crippen LogP contribution < -0.4 is 0 Å². The lowest BCUT2D eigenvalue weighted by atomic mass is 9.86. The number of ether oxygens (including phenoxy) is 1. The van der Waals surface area contributed by atoms with Crippen LogP contribution in [-0.2, 0) is 16.0 Å². The van der Waals surface area contributed by atoms with Gasteiger partial charge < -0.3 is 4.74 Å². The largest absolute Gasteiger partial charge is 0.469 e. The third kappa shape index (κ3) is 2.67. The molecule has 0 spiro atoms. The summed E-state index contributed by atoms with van der Waals surface area (Å²) in [6, 6.07) is 17.2. The second-order valence-electron chi connectivity index (χ2n) is 5.63. The van der Waals surface area contributed by atoms with E-state index in [2.05, 4.69) is 0 Å². The topological polar surface area (TPSA) is 43.4 Å². The number of Topliss-reactive ketones (excluding diaryl/α,β-unsaturated/α-hetero) is 1. The van der Waals surface area contributed by atoms with E-state index in [0.717, 1.165) is 11.1 Å². The van der Waals surface area contributed by atoms with Crippen LogP contribution in [0.1, 0.15) is 33.8 Å². The second-order valence-corrected chi connectivity index (χ2v) is 5.63. The first-order chi connectivity index (χ1) is 10.7. The molecule has 3 rings (SSSR count). The molecule has 3 nitrogen and oxygen atoms in total. The van der Waals surface area contributed by atoms with E-state index >= 15 is 0 Å². The predicted octanol–water partition coefficient (Wildman–Crippen LogP) is 3.39. The van der Waals surface area contributed by atoms with Crippen molar-refractivity contribution in [2.24, 2.45) is 5.92 Å². The minimum Gasteiger partial charge on any atom is -0.469 e. The van der Waals surface area contributed by atoms with Crippen molar-refractivity contribution in [1.82, 2.24) is 0 Å². The zero-order valence-electron chi connectivity index (χ0n) is 12.5. The van der Waals surface area contributed by atoms with Gasteiger partial charge in [-0.1, -0.05) is 54.6 Å². The molecule has 0 fully saturated rings. The van der Waals surface area contributed by atoms with E-state index in [4.69, 9.17) is 4.74 Å². The van der Waals surface area contributed by atoms with E-state index in [1.807, 2.05) is 54.6 Å². The maximum atomic E-state index is 12.5. The van der Waals surface area contributed by atoms with E-state index in [0.29, 0.717) is 18.4 Å². The molecule has 0 aliphatic heterocycles. The van der Waals surface area contributed by atoms with Gasteiger partial charge in [0.25, 0.3) is 0 Å². The molecule has 0 N–H and O–H groups in total. The number of hydrogen-bond donors (Lipinski definition) is 0. The zero-order chi connectivity index (χ0) is 15.5. The molecule has 0 aromatic heterocycles. The molecule has 0 saturated heterocycles. The second kappa shape index (κ2) is 6.14. The van der Waals surface area contributed by atoms with Crippen molar-refractivity contribution in [1.29, 1.82) is 0 Å². The maximum absolute atomic E-state index is 12.5. The van der Waals surface area contributed by atoms with Crippen molar-refractivity contribution in [2.45, 2.75) is 18.8 Å². The van der Waals surface area contributed by atoms with Crippen molar-refractivity contribution in [2.75, 3.05) is 7.11 Å². The molecule has 1 aliphatic rings. The number of carbonyl (C=O) groups is 2. The third-order valence-electron chi connectivity index (χ3n) is 4.39. The Bertz CT molecular complexity index is 691. The smallest absolute Gasteiger partial charge is 0.309 e. The highest BCUT2D eigenvalue weighted by molar-refractivity contribution is 5.97. The van der Waals surface area contributed by atoms with Gasteiger partial charge in [0.15, 0.2) is 5.78 Å². The van der Waals surface area contributed by atoms with Crippen LogP contribution in [0.5, 0.6) is 0 Å². The zero-order valence-corrected chi connectivity index (χ0v) is 12.5. The summed E-state index contributed by atoms with van der Waals surface area (Å²) in [4.78, 5) is 24.6. The number of carbonyl (C=O) groups excluding carboxylic acids is 2. The Hall–Kier alpha value is -2.42. The van der Waals surface area contributed by atoms with Crippen molar-refractivity contribution in [3.8, 4) is 0 Å². The fourth-order valence-electron chi connectivity index (χ4n) is 3.27. The van der Waals surface area contributed by atoms with Crippen molar-refractivity contribution < 1.29 is 14.3 Å². The first kappa shape index (κ1) is 14.5. The lowest BCUT2D eigenvalue weighted by Crippen LogP contribution is -2.22. The molecule has 2 aromatic carbocycles. The highest BCUT2D eigenvalue weighted by atomic mass is 16.5. The molecule has 22 heavy (non-hydrogen) atoms. The Kier molecular flexibility index (Phi) is 4.05. The molecular weight excluding hydrogens is 276 g/mol. The molecule has 0 bridgehead atoms. The maximum Gasteiger partial charge on any atom is 0.309 e. The Morgan fingerprint density at radius 2 is 1.73 bits per heavy atom. The highest BCUT2D eigenvalue weighted by Crippen LogP contribution is 2.41. The lowest BCUT2D eigenvalue weighted by molar-refractivity contribution is -0.145. The summed E-state index contributed by atoms with van der Waals surface area (Å²) < 4.78 is 4.93. The molecule has 0 amide bonds. The Balaban J connectivity index is 1.88. The van der Waals surface area contributed by atoms with E-state index in [1.165, 1.54) is 7.11 Å². The van der Waals surface area contributed by atoms with Crippen molar-refractivity contribution in [3.05, 3.63) is 71.3 Å². The Morgan fingerprint density at radius 3 is 2.45 bits per heavy atom. The standard InChI is InChI=1S/C19H18O3/c1-22-19(21)17-11-14-9-5-6-10-15(14)16(17)12-18(20)13-7-3-2-4-8-13/h2-10,16-17H,11-12H2,1H3/t16-,17+/m0/s1. The average molecular weight is 294 g/mol. The predicted molar refractivity (Wildman–Crippen MR) is 83.8 cm³/mol. The molecule has 0 unspecified atom stereocenters. The van der Waals surface area contributed by atoms with Gasteiger partial charge in [0, 0.05) is 17.9 Å². The molecule has 1 aliphatic carbocycles. The Morgan fingerprint density at radius 1 is 1.05 bits per heavy atom. The molecule has 0 saturated carbocycles. The summed E-state index contributed by atoms with van der Waals surface area (Å²) in [5.74, 6) is -0.537. The van der Waals surface area contributed by atoms with E-state index in [9.17, 15) is 9.59 Å². The SMILES string of the molecule is COC(=O)[C@@H]1Cc2ccccc2[C@@H]1CC(=O)c1ccccc1. The summed E-state index contributed by atoms with van der Waals surface area (Å²) in [5, 5.41) is 0. The first-order valence-corrected chi connectivity index (χ1v) is 7.44. The normalized spacial score (nSPS) is 19.5. The van der Waals surface area contributed by atoms with Crippen LogP contribution in [0.25, 0.3) is 0 Å². The van der Waals surface area contributed by atoms with Crippen molar-refractivity contribution >= 4 is 11.8 Å². The van der Waals surface area contributed by atoms with Gasteiger partial charge in [-0.15, -0.1) is 0 Å². The number of hydrogen-bond acceptors (Lipinski definition) is 3. The number of benzene rings is 2. The van der Waals surface area contributed by atoms with Gasteiger partial charge in [-0.25, -0.2) is 0 Å². The van der Waals surface area contributed by atoms with E-state index < -0.39 is 0 Å². The minimum absolute atomic E-state index is 0.0659. The van der Waals surface area contributed by atoms with Crippen LogP contribution in [0.15, 0.2) is 54.6 Å². The van der Waals surface area contributed by atoms with Gasteiger partial charge in [0.1, 0.15) is 0 Å². The number of rotatable bonds is 4. The van der Waals surface area contributed by atoms with Gasteiger partial charge >= 0.3 is 5.97 Å². The molecule has 2 atom stereocenters. The average Bonchev–Trinajstić information content (AvgIpc) is 2.93. The van der Waals surface area contributed by atoms with Crippen LogP contribution in [0.3, 0.4) is 0 Å². The Labute approximate surface area is 129 Å². The van der Waals surface area contributed by atoms with E-state index in [-0.39, 0.29) is 23.6 Å². The molecule has 112 valence electrons. The fourth-order valence-corrected chi connectivity index (χ4v) is 3.27. The quantitative estimate of drug-likeness (QED) is 0.641. The number of methoxy groups -OCH3 is 1. The van der Waals surface area contributed by atoms with Crippen LogP contribution in [0.2, 0.25) is 0 Å². The lowest BCUT2D eigenvalue weighted by Gasteiger charge is -2.18. The first-order valence-electron chi connectivity index (χ1n) is 7.44. The third-order valence-corrected chi connectivity index (χ3v) is 4.39. The minimum atomic E-state index is -0.268. The van der Waals surface area contributed by atoms with Crippen molar-refractivity contribution in [3.63, 3.8) is 0 Å². The van der Waals surface area contributed by atoms with Crippen LogP contribution in [0.4, 0.5) is 0 Å². The van der Waals surface area contributed by atoms with Gasteiger partial charge in [0.2, 0.25) is 0 Å². The van der Waals surface area contributed by atoms with Crippen LogP contribution in [0, 0.1) is 5.92 Å². The summed E-state index contributed by atoms with van der Waals surface area (Å²) in [6.45, 7) is 0. The summed E-state index contributed by atoms with van der Waals surface area (Å²) >= 11 is 0. The molecular formula is C19H18O3. The van der Waals surface area contributed by atoms with E-state index in [1.54, 1.807) is 0 Å².